The molecule has 0 bridgehead atoms. The van der Waals surface area contributed by atoms with Crippen LogP contribution in [0.25, 0.3) is 0 Å². The Kier molecular flexibility index (Phi) is 6.77. The molecular formula is C12H25NO2. The summed E-state index contributed by atoms with van der Waals surface area (Å²) in [7, 11) is 2.20. The fourth-order valence-electron chi connectivity index (χ4n) is 1.46. The van der Waals surface area contributed by atoms with Gasteiger partial charge in [-0.25, -0.2) is 0 Å². The van der Waals surface area contributed by atoms with Crippen molar-refractivity contribution in [1.29, 1.82) is 0 Å². The average molecular weight is 215 g/mol. The molecule has 1 unspecified atom stereocenters. The Bertz CT molecular complexity index is 172. The van der Waals surface area contributed by atoms with Crippen LogP contribution in [0.1, 0.15) is 33.6 Å². The number of aliphatic hydroxyl groups excluding tert-OH is 1. The molecule has 1 atom stereocenters. The average Bonchev–Trinajstić information content (AvgIpc) is 2.18. The third-order valence-electron chi connectivity index (χ3n) is 2.59. The van der Waals surface area contributed by atoms with E-state index >= 15 is 0 Å². The minimum Gasteiger partial charge on any atom is -0.395 e. The largest absolute Gasteiger partial charge is 0.395 e. The molecule has 1 aliphatic rings. The molecule has 15 heavy (non-hydrogen) atoms. The highest BCUT2D eigenvalue weighted by Gasteiger charge is 2.13. The van der Waals surface area contributed by atoms with E-state index in [0.717, 1.165) is 12.2 Å². The van der Waals surface area contributed by atoms with E-state index in [4.69, 9.17) is 5.11 Å². The molecule has 3 nitrogen and oxygen atoms in total. The van der Waals surface area contributed by atoms with Crippen LogP contribution in [0.5, 0.6) is 0 Å². The van der Waals surface area contributed by atoms with Crippen LogP contribution in [0.3, 0.4) is 0 Å². The van der Waals surface area contributed by atoms with Gasteiger partial charge in [-0.15, -0.1) is 0 Å². The molecule has 0 aromatic heterocycles. The number of piperidine rings is 1. The van der Waals surface area contributed by atoms with Crippen molar-refractivity contribution in [2.75, 3.05) is 26.7 Å². The topological polar surface area (TPSA) is 40.5 Å². The van der Waals surface area contributed by atoms with E-state index < -0.39 is 5.41 Å². The van der Waals surface area contributed by atoms with Crippen LogP contribution in [0.2, 0.25) is 0 Å². The van der Waals surface area contributed by atoms with E-state index in [1.807, 2.05) is 0 Å². The maximum Gasteiger partial charge on any atom is 0.127 e. The first-order valence-electron chi connectivity index (χ1n) is 5.67. The van der Waals surface area contributed by atoms with Gasteiger partial charge in [-0.05, 0) is 32.4 Å². The molecule has 0 aromatic rings. The molecule has 0 radical (unpaired) electrons. The van der Waals surface area contributed by atoms with Gasteiger partial charge in [-0.1, -0.05) is 20.8 Å². The number of hydrogen-bond acceptors (Lipinski definition) is 3. The molecule has 0 spiro atoms. The van der Waals surface area contributed by atoms with Gasteiger partial charge in [0.2, 0.25) is 0 Å². The first-order chi connectivity index (χ1) is 6.91. The normalized spacial score (nSPS) is 22.9. The van der Waals surface area contributed by atoms with Gasteiger partial charge in [0.25, 0.3) is 0 Å². The van der Waals surface area contributed by atoms with Crippen LogP contribution < -0.4 is 0 Å². The van der Waals surface area contributed by atoms with Gasteiger partial charge < -0.3 is 14.8 Å². The first kappa shape index (κ1) is 14.6. The lowest BCUT2D eigenvalue weighted by atomic mass is 9.98. The summed E-state index contributed by atoms with van der Waals surface area (Å²) < 4.78 is 0. The summed E-state index contributed by atoms with van der Waals surface area (Å²) in [6.45, 7) is 8.23. The zero-order valence-corrected chi connectivity index (χ0v) is 10.5. The standard InChI is InChI=1S/C7H15N.C5H10O2/c1-7-4-3-5-8(2)6-7;1-5(2,3-6)4-7/h7H,3-6H2,1-2H3;3,7H,4H2,1-2H3. The molecule has 0 aromatic carbocycles. The fraction of sp³-hybridized carbons (Fsp3) is 0.917. The summed E-state index contributed by atoms with van der Waals surface area (Å²) >= 11 is 0. The number of likely N-dealkylation sites (tertiary alicyclic amines) is 1. The Labute approximate surface area is 93.5 Å². The van der Waals surface area contributed by atoms with Crippen LogP contribution in [0.15, 0.2) is 0 Å². The predicted molar refractivity (Wildman–Crippen MR) is 62.8 cm³/mol. The third-order valence-corrected chi connectivity index (χ3v) is 2.59. The van der Waals surface area contributed by atoms with Gasteiger partial charge in [0.15, 0.2) is 0 Å². The Morgan fingerprint density at radius 2 is 2.13 bits per heavy atom. The van der Waals surface area contributed by atoms with E-state index in [0.29, 0.717) is 0 Å². The van der Waals surface area contributed by atoms with E-state index in [2.05, 4.69) is 18.9 Å². The van der Waals surface area contributed by atoms with Gasteiger partial charge in [0, 0.05) is 12.0 Å². The number of nitrogens with zero attached hydrogens (tertiary/aromatic N) is 1. The first-order valence-corrected chi connectivity index (χ1v) is 5.67. The van der Waals surface area contributed by atoms with Gasteiger partial charge in [0.1, 0.15) is 6.29 Å². The number of rotatable bonds is 2. The van der Waals surface area contributed by atoms with Gasteiger partial charge in [-0.2, -0.15) is 0 Å². The lowest BCUT2D eigenvalue weighted by Crippen LogP contribution is -2.30. The second-order valence-electron chi connectivity index (χ2n) is 5.27. The van der Waals surface area contributed by atoms with Crippen molar-refractivity contribution >= 4 is 6.29 Å². The van der Waals surface area contributed by atoms with Crippen molar-refractivity contribution in [2.24, 2.45) is 11.3 Å². The molecule has 1 aliphatic heterocycles. The molecule has 1 heterocycles. The second-order valence-corrected chi connectivity index (χ2v) is 5.27. The Balaban J connectivity index is 0.000000265. The second kappa shape index (κ2) is 6.96. The number of carbonyl (C=O) groups is 1. The molecule has 1 rings (SSSR count). The lowest BCUT2D eigenvalue weighted by molar-refractivity contribution is -0.116. The quantitative estimate of drug-likeness (QED) is 0.711. The lowest BCUT2D eigenvalue weighted by Gasteiger charge is -2.26. The third kappa shape index (κ3) is 7.51. The Morgan fingerprint density at radius 1 is 1.53 bits per heavy atom. The molecule has 3 heteroatoms. The summed E-state index contributed by atoms with van der Waals surface area (Å²) in [6, 6.07) is 0. The van der Waals surface area contributed by atoms with Crippen molar-refractivity contribution < 1.29 is 9.90 Å². The van der Waals surface area contributed by atoms with Gasteiger partial charge in [-0.3, -0.25) is 0 Å². The molecule has 1 fully saturated rings. The maximum absolute atomic E-state index is 9.90. The van der Waals surface area contributed by atoms with Crippen LogP contribution in [0.4, 0.5) is 0 Å². The molecule has 90 valence electrons. The van der Waals surface area contributed by atoms with Gasteiger partial charge >= 0.3 is 0 Å². The van der Waals surface area contributed by atoms with E-state index in [9.17, 15) is 4.79 Å². The van der Waals surface area contributed by atoms with E-state index in [1.165, 1.54) is 25.9 Å². The summed E-state index contributed by atoms with van der Waals surface area (Å²) in [6.07, 6.45) is 3.58. The molecular weight excluding hydrogens is 190 g/mol. The van der Waals surface area contributed by atoms with Crippen LogP contribution >= 0.6 is 0 Å². The van der Waals surface area contributed by atoms with E-state index in [1.54, 1.807) is 13.8 Å². The molecule has 1 saturated heterocycles. The SMILES string of the molecule is CC(C)(C=O)CO.CC1CCCN(C)C1. The summed E-state index contributed by atoms with van der Waals surface area (Å²) in [5.41, 5.74) is -0.542. The monoisotopic (exact) mass is 215 g/mol. The fourth-order valence-corrected chi connectivity index (χ4v) is 1.46. The Hall–Kier alpha value is -0.410. The molecule has 0 saturated carbocycles. The number of hydrogen-bond donors (Lipinski definition) is 1. The molecule has 1 N–H and O–H groups in total. The number of aliphatic hydroxyl groups is 1. The smallest absolute Gasteiger partial charge is 0.127 e. The highest BCUT2D eigenvalue weighted by atomic mass is 16.3. The summed E-state index contributed by atoms with van der Waals surface area (Å²) in [5.74, 6) is 0.939. The summed E-state index contributed by atoms with van der Waals surface area (Å²) in [5, 5.41) is 8.36. The van der Waals surface area contributed by atoms with Crippen LogP contribution in [-0.4, -0.2) is 43.0 Å². The van der Waals surface area contributed by atoms with Crippen molar-refractivity contribution in [1.82, 2.24) is 4.90 Å². The predicted octanol–water partition coefficient (Wildman–Crippen LogP) is 1.55. The van der Waals surface area contributed by atoms with Crippen molar-refractivity contribution in [3.63, 3.8) is 0 Å². The zero-order valence-electron chi connectivity index (χ0n) is 10.5. The number of aldehydes is 1. The highest BCUT2D eigenvalue weighted by molar-refractivity contribution is 5.57. The minimum atomic E-state index is -0.542. The Morgan fingerprint density at radius 3 is 2.33 bits per heavy atom. The highest BCUT2D eigenvalue weighted by Crippen LogP contribution is 2.12. The molecule has 0 amide bonds. The van der Waals surface area contributed by atoms with Crippen molar-refractivity contribution in [3.8, 4) is 0 Å². The summed E-state index contributed by atoms with van der Waals surface area (Å²) in [4.78, 5) is 12.3. The minimum absolute atomic E-state index is 0.0729. The molecule has 0 aliphatic carbocycles. The maximum atomic E-state index is 9.90. The van der Waals surface area contributed by atoms with Crippen molar-refractivity contribution in [3.05, 3.63) is 0 Å². The van der Waals surface area contributed by atoms with Crippen LogP contribution in [-0.2, 0) is 4.79 Å². The van der Waals surface area contributed by atoms with Gasteiger partial charge in [0.05, 0.1) is 6.61 Å². The van der Waals surface area contributed by atoms with E-state index in [-0.39, 0.29) is 6.61 Å². The number of carbonyl (C=O) groups excluding carboxylic acids is 1. The zero-order chi connectivity index (χ0) is 11.9. The van der Waals surface area contributed by atoms with Crippen molar-refractivity contribution in [2.45, 2.75) is 33.6 Å². The van der Waals surface area contributed by atoms with Crippen LogP contribution in [0, 0.1) is 11.3 Å².